The highest BCUT2D eigenvalue weighted by atomic mass is 16.5. The van der Waals surface area contributed by atoms with Crippen molar-refractivity contribution < 1.29 is 14.2 Å². The average Bonchev–Trinajstić information content (AvgIpc) is 3.39. The highest BCUT2D eigenvalue weighted by molar-refractivity contribution is 5.67. The molecular formula is C36H44N2O3. The molecule has 4 aromatic rings. The number of rotatable bonds is 15. The van der Waals surface area contributed by atoms with Gasteiger partial charge in [-0.15, -0.1) is 0 Å². The van der Waals surface area contributed by atoms with Gasteiger partial charge in [-0.2, -0.15) is 0 Å². The SMILES string of the molecule is CCn1c(OCc2ccccc2)cc(COCCCCN2CCCCC2)c1-c1ccc(OCc2ccccc2)cc1. The molecule has 1 aromatic heterocycles. The molecule has 0 spiro atoms. The van der Waals surface area contributed by atoms with E-state index in [-0.39, 0.29) is 0 Å². The van der Waals surface area contributed by atoms with E-state index < -0.39 is 0 Å². The summed E-state index contributed by atoms with van der Waals surface area (Å²) in [4.78, 5) is 2.60. The summed E-state index contributed by atoms with van der Waals surface area (Å²) in [6.07, 6.45) is 6.37. The second kappa shape index (κ2) is 15.5. The molecule has 1 saturated heterocycles. The summed E-state index contributed by atoms with van der Waals surface area (Å²) in [5, 5.41) is 0. The number of likely N-dealkylation sites (tertiary alicyclic amines) is 1. The van der Waals surface area contributed by atoms with Crippen LogP contribution in [0.25, 0.3) is 11.3 Å². The Hall–Kier alpha value is -3.54. The van der Waals surface area contributed by atoms with Crippen molar-refractivity contribution in [3.8, 4) is 22.9 Å². The van der Waals surface area contributed by atoms with Crippen LogP contribution in [0, 0.1) is 0 Å². The standard InChI is InChI=1S/C36H44N2O3/c1-2-38-35(41-28-31-16-8-4-9-17-31)26-33(29-39-25-13-12-24-37-22-10-5-11-23-37)36(38)32-18-20-34(21-19-32)40-27-30-14-6-3-7-15-30/h3-4,6-9,14-21,26H,2,5,10-13,22-25,27-29H2,1H3. The lowest BCUT2D eigenvalue weighted by Crippen LogP contribution is -2.30. The first-order valence-corrected chi connectivity index (χ1v) is 15.3. The first-order chi connectivity index (χ1) is 20.3. The van der Waals surface area contributed by atoms with Gasteiger partial charge in [0, 0.05) is 24.8 Å². The summed E-state index contributed by atoms with van der Waals surface area (Å²) >= 11 is 0. The third-order valence-electron chi connectivity index (χ3n) is 7.78. The van der Waals surface area contributed by atoms with E-state index in [4.69, 9.17) is 14.2 Å². The van der Waals surface area contributed by atoms with E-state index in [0.29, 0.717) is 19.8 Å². The lowest BCUT2D eigenvalue weighted by Gasteiger charge is -2.26. The van der Waals surface area contributed by atoms with Crippen LogP contribution in [0.1, 0.15) is 55.7 Å². The fourth-order valence-electron chi connectivity index (χ4n) is 5.55. The maximum atomic E-state index is 6.36. The van der Waals surface area contributed by atoms with Crippen LogP contribution in [0.5, 0.6) is 11.6 Å². The van der Waals surface area contributed by atoms with Crippen LogP contribution < -0.4 is 9.47 Å². The lowest BCUT2D eigenvalue weighted by atomic mass is 10.1. The predicted molar refractivity (Wildman–Crippen MR) is 166 cm³/mol. The number of benzene rings is 3. The molecule has 0 atom stereocenters. The summed E-state index contributed by atoms with van der Waals surface area (Å²) in [5.74, 6) is 1.73. The van der Waals surface area contributed by atoms with Crippen LogP contribution in [0.3, 0.4) is 0 Å². The second-order valence-corrected chi connectivity index (χ2v) is 10.8. The minimum Gasteiger partial charge on any atom is -0.489 e. The molecule has 2 heterocycles. The third kappa shape index (κ3) is 8.48. The minimum atomic E-state index is 0.535. The zero-order valence-electron chi connectivity index (χ0n) is 24.5. The summed E-state index contributed by atoms with van der Waals surface area (Å²) in [6.45, 7) is 9.12. The largest absolute Gasteiger partial charge is 0.489 e. The van der Waals surface area contributed by atoms with Crippen molar-refractivity contribution in [2.75, 3.05) is 26.2 Å². The highest BCUT2D eigenvalue weighted by Crippen LogP contribution is 2.34. The Bertz CT molecular complexity index is 1300. The average molecular weight is 553 g/mol. The number of aromatic nitrogens is 1. The zero-order chi connectivity index (χ0) is 28.1. The molecule has 5 heteroatoms. The lowest BCUT2D eigenvalue weighted by molar-refractivity contribution is 0.113. The fraction of sp³-hybridized carbons (Fsp3) is 0.389. The molecule has 0 radical (unpaired) electrons. The molecule has 0 bridgehead atoms. The smallest absolute Gasteiger partial charge is 0.194 e. The molecule has 0 saturated carbocycles. The maximum Gasteiger partial charge on any atom is 0.194 e. The molecule has 1 aliphatic rings. The van der Waals surface area contributed by atoms with Gasteiger partial charge < -0.3 is 23.7 Å². The van der Waals surface area contributed by atoms with E-state index in [2.05, 4.69) is 83.1 Å². The van der Waals surface area contributed by atoms with E-state index in [1.54, 1.807) is 0 Å². The predicted octanol–water partition coefficient (Wildman–Crippen LogP) is 8.12. The van der Waals surface area contributed by atoms with E-state index in [1.165, 1.54) is 45.3 Å². The number of unbranched alkanes of at least 4 members (excludes halogenated alkanes) is 1. The van der Waals surface area contributed by atoms with E-state index >= 15 is 0 Å². The number of hydrogen-bond acceptors (Lipinski definition) is 4. The van der Waals surface area contributed by atoms with Crippen molar-refractivity contribution in [3.05, 3.63) is 108 Å². The van der Waals surface area contributed by atoms with Crippen LogP contribution in [0.15, 0.2) is 91.0 Å². The van der Waals surface area contributed by atoms with Crippen LogP contribution in [0.4, 0.5) is 0 Å². The van der Waals surface area contributed by atoms with Crippen molar-refractivity contribution >= 4 is 0 Å². The highest BCUT2D eigenvalue weighted by Gasteiger charge is 2.18. The van der Waals surface area contributed by atoms with Gasteiger partial charge in [-0.05, 0) is 93.2 Å². The monoisotopic (exact) mass is 552 g/mol. The molecule has 41 heavy (non-hydrogen) atoms. The van der Waals surface area contributed by atoms with Gasteiger partial charge in [0.15, 0.2) is 5.88 Å². The molecule has 5 nitrogen and oxygen atoms in total. The van der Waals surface area contributed by atoms with Gasteiger partial charge in [0.2, 0.25) is 0 Å². The van der Waals surface area contributed by atoms with Crippen LogP contribution in [-0.2, 0) is 31.1 Å². The Balaban J connectivity index is 1.25. The summed E-state index contributed by atoms with van der Waals surface area (Å²) in [7, 11) is 0. The number of nitrogens with zero attached hydrogens (tertiary/aromatic N) is 2. The van der Waals surface area contributed by atoms with E-state index in [0.717, 1.165) is 59.1 Å². The first-order valence-electron chi connectivity index (χ1n) is 15.3. The topological polar surface area (TPSA) is 35.9 Å². The molecule has 1 fully saturated rings. The van der Waals surface area contributed by atoms with Gasteiger partial charge in [-0.25, -0.2) is 0 Å². The van der Waals surface area contributed by atoms with Gasteiger partial charge in [-0.1, -0.05) is 67.1 Å². The van der Waals surface area contributed by atoms with Crippen molar-refractivity contribution in [2.45, 2.75) is 65.4 Å². The van der Waals surface area contributed by atoms with Gasteiger partial charge in [0.25, 0.3) is 0 Å². The molecule has 0 amide bonds. The molecule has 1 aliphatic heterocycles. The van der Waals surface area contributed by atoms with Gasteiger partial charge >= 0.3 is 0 Å². The first kappa shape index (κ1) is 29.0. The molecule has 5 rings (SSSR count). The Morgan fingerprint density at radius 2 is 1.34 bits per heavy atom. The van der Waals surface area contributed by atoms with Gasteiger partial charge in [0.1, 0.15) is 19.0 Å². The molecule has 0 unspecified atom stereocenters. The van der Waals surface area contributed by atoms with E-state index in [1.807, 2.05) is 24.3 Å². The van der Waals surface area contributed by atoms with Crippen molar-refractivity contribution in [2.24, 2.45) is 0 Å². The molecule has 0 N–H and O–H groups in total. The summed E-state index contributed by atoms with van der Waals surface area (Å²) in [6, 6.07) is 31.2. The van der Waals surface area contributed by atoms with Crippen LogP contribution in [-0.4, -0.2) is 35.7 Å². The molecule has 3 aromatic carbocycles. The number of piperidine rings is 1. The Morgan fingerprint density at radius 1 is 0.683 bits per heavy atom. The molecule has 0 aliphatic carbocycles. The maximum absolute atomic E-state index is 6.36. The fourth-order valence-corrected chi connectivity index (χ4v) is 5.55. The van der Waals surface area contributed by atoms with Crippen molar-refractivity contribution in [1.29, 1.82) is 0 Å². The quantitative estimate of drug-likeness (QED) is 0.140. The van der Waals surface area contributed by atoms with Crippen molar-refractivity contribution in [3.63, 3.8) is 0 Å². The molecule has 216 valence electrons. The Kier molecular flexibility index (Phi) is 10.9. The zero-order valence-corrected chi connectivity index (χ0v) is 24.5. The minimum absolute atomic E-state index is 0.535. The van der Waals surface area contributed by atoms with Crippen molar-refractivity contribution in [1.82, 2.24) is 9.47 Å². The second-order valence-electron chi connectivity index (χ2n) is 10.8. The Labute approximate surface area is 245 Å². The van der Waals surface area contributed by atoms with Crippen LogP contribution in [0.2, 0.25) is 0 Å². The number of hydrogen-bond donors (Lipinski definition) is 0. The number of ether oxygens (including phenoxy) is 3. The summed E-state index contributed by atoms with van der Waals surface area (Å²) < 4.78 is 20.9. The summed E-state index contributed by atoms with van der Waals surface area (Å²) in [5.41, 5.74) is 5.76. The normalized spacial score (nSPS) is 13.8. The van der Waals surface area contributed by atoms with Gasteiger partial charge in [-0.3, -0.25) is 0 Å². The Morgan fingerprint density at radius 3 is 2.00 bits per heavy atom. The van der Waals surface area contributed by atoms with E-state index in [9.17, 15) is 0 Å². The molecular weight excluding hydrogens is 508 g/mol. The third-order valence-corrected chi connectivity index (χ3v) is 7.78. The van der Waals surface area contributed by atoms with Crippen LogP contribution >= 0.6 is 0 Å². The van der Waals surface area contributed by atoms with Gasteiger partial charge in [0.05, 0.1) is 12.3 Å².